The Hall–Kier alpha value is -2.23. The number of hydrogen-bond acceptors (Lipinski definition) is 7. The summed E-state index contributed by atoms with van der Waals surface area (Å²) in [6.45, 7) is 4.82. The van der Waals surface area contributed by atoms with Crippen LogP contribution in [0.1, 0.15) is 181 Å². The number of carboxylic acid groups (broad SMARTS) is 1. The smallest absolute Gasteiger partial charge is 0.361 e. The molecule has 0 aliphatic heterocycles. The maximum Gasteiger partial charge on any atom is 0.361 e. The summed E-state index contributed by atoms with van der Waals surface area (Å²) in [7, 11) is 5.94. The molecule has 0 aliphatic carbocycles. The van der Waals surface area contributed by atoms with Gasteiger partial charge in [-0.2, -0.15) is 0 Å². The van der Waals surface area contributed by atoms with Gasteiger partial charge in [-0.25, -0.2) is 4.79 Å². The van der Waals surface area contributed by atoms with Crippen molar-refractivity contribution in [2.75, 3.05) is 47.5 Å². The predicted octanol–water partition coefficient (Wildman–Crippen LogP) is 10.9. The van der Waals surface area contributed by atoms with E-state index in [2.05, 4.69) is 38.2 Å². The largest absolute Gasteiger partial charge is 0.477 e. The number of aliphatic carboxylic acids is 1. The zero-order valence-electron chi connectivity index (χ0n) is 34.9. The topological polar surface area (TPSA) is 108 Å². The second kappa shape index (κ2) is 36.7. The Bertz CT molecular complexity index is 929. The fourth-order valence-corrected chi connectivity index (χ4v) is 5.76. The maximum atomic E-state index is 12.7. The van der Waals surface area contributed by atoms with Crippen LogP contribution in [-0.2, 0) is 33.3 Å². The summed E-state index contributed by atoms with van der Waals surface area (Å²) >= 11 is 0. The molecule has 0 saturated carbocycles. The Kier molecular flexibility index (Phi) is 35.2. The van der Waals surface area contributed by atoms with E-state index in [1.54, 1.807) is 0 Å². The molecule has 2 unspecified atom stereocenters. The number of carbonyl (C=O) groups excluding carboxylic acids is 2. The number of esters is 2. The normalized spacial score (nSPS) is 13.2. The number of likely N-dealkylation sites (N-methyl/N-ethyl adjacent to an activating group) is 1. The Labute approximate surface area is 325 Å². The first-order chi connectivity index (χ1) is 25.6. The standard InChI is InChI=1S/C44H81NO8/c1-6-8-10-12-14-16-18-20-21-23-25-27-29-31-33-35-42(47)53-40(39-52-44(43(48)49)50-37-36-45(3,4)5)38-51-41(46)34-32-30-28-26-24-22-19-17-15-13-11-9-7-2/h17,19-21,40,44H,6-16,18,22-39H2,1-5H3/p+1/b19-17-,21-20-. The first-order valence-electron chi connectivity index (χ1n) is 21.5. The lowest BCUT2D eigenvalue weighted by atomic mass is 10.1. The molecule has 0 saturated heterocycles. The summed E-state index contributed by atoms with van der Waals surface area (Å²) in [5.41, 5.74) is 0. The number of rotatable bonds is 39. The van der Waals surface area contributed by atoms with Crippen molar-refractivity contribution in [3.63, 3.8) is 0 Å². The number of allylic oxidation sites excluding steroid dienone is 4. The monoisotopic (exact) mass is 753 g/mol. The first-order valence-corrected chi connectivity index (χ1v) is 21.5. The van der Waals surface area contributed by atoms with Crippen LogP contribution in [0.3, 0.4) is 0 Å². The molecule has 9 nitrogen and oxygen atoms in total. The zero-order valence-corrected chi connectivity index (χ0v) is 34.9. The Balaban J connectivity index is 4.50. The SMILES string of the molecule is CCCCCC/C=C\CCCCCCCC(=O)OCC(COC(OCC[N+](C)(C)C)C(=O)O)OC(=O)CCCCCCC/C=C\CCCCCCCC. The van der Waals surface area contributed by atoms with Crippen LogP contribution in [-0.4, -0.2) is 87.4 Å². The molecular weight excluding hydrogens is 670 g/mol. The van der Waals surface area contributed by atoms with Crippen LogP contribution >= 0.6 is 0 Å². The Morgan fingerprint density at radius 1 is 0.547 bits per heavy atom. The van der Waals surface area contributed by atoms with E-state index in [-0.39, 0.29) is 32.2 Å². The van der Waals surface area contributed by atoms with E-state index < -0.39 is 24.3 Å². The van der Waals surface area contributed by atoms with Crippen LogP contribution in [0.15, 0.2) is 24.3 Å². The van der Waals surface area contributed by atoms with Crippen LogP contribution in [0.5, 0.6) is 0 Å². The van der Waals surface area contributed by atoms with Gasteiger partial charge < -0.3 is 28.5 Å². The lowest BCUT2D eigenvalue weighted by Gasteiger charge is -2.25. The van der Waals surface area contributed by atoms with Gasteiger partial charge >= 0.3 is 17.9 Å². The molecule has 53 heavy (non-hydrogen) atoms. The van der Waals surface area contributed by atoms with Crippen molar-refractivity contribution in [3.8, 4) is 0 Å². The van der Waals surface area contributed by atoms with Gasteiger partial charge in [-0.15, -0.1) is 0 Å². The lowest BCUT2D eigenvalue weighted by Crippen LogP contribution is -2.40. The highest BCUT2D eigenvalue weighted by atomic mass is 16.7. The number of ether oxygens (including phenoxy) is 4. The summed E-state index contributed by atoms with van der Waals surface area (Å²) in [5.74, 6) is -2.03. The Morgan fingerprint density at radius 3 is 1.42 bits per heavy atom. The molecule has 0 aromatic rings. The first kappa shape index (κ1) is 50.8. The molecule has 310 valence electrons. The van der Waals surface area contributed by atoms with Gasteiger partial charge in [-0.3, -0.25) is 9.59 Å². The van der Waals surface area contributed by atoms with Crippen molar-refractivity contribution in [1.82, 2.24) is 0 Å². The molecule has 0 aromatic carbocycles. The van der Waals surface area contributed by atoms with E-state index in [0.717, 1.165) is 70.6 Å². The highest BCUT2D eigenvalue weighted by Gasteiger charge is 2.25. The van der Waals surface area contributed by atoms with E-state index in [1.807, 2.05) is 21.1 Å². The van der Waals surface area contributed by atoms with E-state index in [1.165, 1.54) is 77.0 Å². The molecule has 0 bridgehead atoms. The summed E-state index contributed by atoms with van der Waals surface area (Å²) in [6.07, 6.45) is 35.1. The van der Waals surface area contributed by atoms with Crippen LogP contribution in [0.25, 0.3) is 0 Å². The molecule has 1 N–H and O–H groups in total. The van der Waals surface area contributed by atoms with Crippen molar-refractivity contribution in [2.24, 2.45) is 0 Å². The molecule has 0 spiro atoms. The van der Waals surface area contributed by atoms with E-state index in [4.69, 9.17) is 18.9 Å². The van der Waals surface area contributed by atoms with Gasteiger partial charge in [0.2, 0.25) is 0 Å². The third kappa shape index (κ3) is 37.9. The third-order valence-electron chi connectivity index (χ3n) is 9.18. The Morgan fingerprint density at radius 2 is 0.962 bits per heavy atom. The van der Waals surface area contributed by atoms with Crippen LogP contribution < -0.4 is 0 Å². The summed E-state index contributed by atoms with van der Waals surface area (Å²) in [6, 6.07) is 0. The zero-order chi connectivity index (χ0) is 39.3. The van der Waals surface area contributed by atoms with Crippen LogP contribution in [0.2, 0.25) is 0 Å². The van der Waals surface area contributed by atoms with E-state index in [9.17, 15) is 19.5 Å². The maximum absolute atomic E-state index is 12.7. The molecule has 2 atom stereocenters. The molecule has 0 radical (unpaired) electrons. The summed E-state index contributed by atoms with van der Waals surface area (Å²) < 4.78 is 22.7. The van der Waals surface area contributed by atoms with Crippen LogP contribution in [0.4, 0.5) is 0 Å². The van der Waals surface area contributed by atoms with Gasteiger partial charge in [-0.05, 0) is 64.2 Å². The number of carbonyl (C=O) groups is 3. The molecule has 9 heteroatoms. The molecular formula is C44H82NO8+. The minimum Gasteiger partial charge on any atom is -0.477 e. The highest BCUT2D eigenvalue weighted by molar-refractivity contribution is 5.71. The van der Waals surface area contributed by atoms with E-state index >= 15 is 0 Å². The van der Waals surface area contributed by atoms with Crippen molar-refractivity contribution < 1.29 is 42.9 Å². The van der Waals surface area contributed by atoms with Crippen molar-refractivity contribution in [2.45, 2.75) is 193 Å². The van der Waals surface area contributed by atoms with Gasteiger partial charge in [0.05, 0.1) is 34.4 Å². The highest BCUT2D eigenvalue weighted by Crippen LogP contribution is 2.13. The van der Waals surface area contributed by atoms with Gasteiger partial charge in [0, 0.05) is 12.8 Å². The second-order valence-corrected chi connectivity index (χ2v) is 15.6. The van der Waals surface area contributed by atoms with Crippen molar-refractivity contribution in [1.29, 1.82) is 0 Å². The fraction of sp³-hybridized carbons (Fsp3) is 0.841. The number of carboxylic acids is 1. The van der Waals surface area contributed by atoms with Gasteiger partial charge in [0.25, 0.3) is 6.29 Å². The third-order valence-corrected chi connectivity index (χ3v) is 9.18. The fourth-order valence-electron chi connectivity index (χ4n) is 5.76. The van der Waals surface area contributed by atoms with Gasteiger partial charge in [-0.1, -0.05) is 128 Å². The molecule has 0 fully saturated rings. The molecule has 0 rings (SSSR count). The lowest BCUT2D eigenvalue weighted by molar-refractivity contribution is -0.870. The van der Waals surface area contributed by atoms with Crippen LogP contribution in [0, 0.1) is 0 Å². The summed E-state index contributed by atoms with van der Waals surface area (Å²) in [5, 5.41) is 9.61. The minimum atomic E-state index is -1.51. The summed E-state index contributed by atoms with van der Waals surface area (Å²) in [4.78, 5) is 37.0. The number of quaternary nitrogens is 1. The average Bonchev–Trinajstić information content (AvgIpc) is 3.11. The van der Waals surface area contributed by atoms with E-state index in [0.29, 0.717) is 23.9 Å². The van der Waals surface area contributed by atoms with Crippen molar-refractivity contribution in [3.05, 3.63) is 24.3 Å². The molecule has 0 aromatic heterocycles. The van der Waals surface area contributed by atoms with Crippen molar-refractivity contribution >= 4 is 17.9 Å². The average molecular weight is 753 g/mol. The van der Waals surface area contributed by atoms with Gasteiger partial charge in [0.1, 0.15) is 13.2 Å². The number of unbranched alkanes of at least 4 members (excludes halogenated alkanes) is 20. The van der Waals surface area contributed by atoms with Gasteiger partial charge in [0.15, 0.2) is 6.10 Å². The number of hydrogen-bond donors (Lipinski definition) is 1. The minimum absolute atomic E-state index is 0.186. The molecule has 0 heterocycles. The number of nitrogens with zero attached hydrogens (tertiary/aromatic N) is 1. The quantitative estimate of drug-likeness (QED) is 0.0217. The molecule has 0 aliphatic rings. The predicted molar refractivity (Wildman–Crippen MR) is 217 cm³/mol. The second-order valence-electron chi connectivity index (χ2n) is 15.6. The molecule has 0 amide bonds.